The second-order valence-corrected chi connectivity index (χ2v) is 6.41. The van der Waals surface area contributed by atoms with Gasteiger partial charge in [-0.1, -0.05) is 12.1 Å². The summed E-state index contributed by atoms with van der Waals surface area (Å²) >= 11 is 0. The van der Waals surface area contributed by atoms with E-state index in [4.69, 9.17) is 11.0 Å². The number of carbonyl (C=O) groups excluding carboxylic acids is 3. The van der Waals surface area contributed by atoms with E-state index in [1.165, 1.54) is 37.4 Å². The highest BCUT2D eigenvalue weighted by Crippen LogP contribution is 2.28. The largest absolute Gasteiger partial charge is 0.367 e. The Labute approximate surface area is 170 Å². The number of hydrogen-bond donors (Lipinski definition) is 4. The van der Waals surface area contributed by atoms with Gasteiger partial charge in [0.25, 0.3) is 11.8 Å². The lowest BCUT2D eigenvalue weighted by atomic mass is 9.84. The maximum Gasteiger partial charge on any atom is 0.267 e. The Bertz CT molecular complexity index is 1110. The molecule has 0 spiro atoms. The molecule has 1 unspecified atom stereocenters. The van der Waals surface area contributed by atoms with Crippen molar-refractivity contribution in [3.8, 4) is 6.07 Å². The van der Waals surface area contributed by atoms with Crippen molar-refractivity contribution in [3.63, 3.8) is 0 Å². The highest BCUT2D eigenvalue weighted by molar-refractivity contribution is 6.47. The van der Waals surface area contributed by atoms with Gasteiger partial charge in [-0.05, 0) is 35.9 Å². The van der Waals surface area contributed by atoms with Crippen LogP contribution in [0.5, 0.6) is 0 Å². The summed E-state index contributed by atoms with van der Waals surface area (Å²) in [5, 5.41) is 16.8. The number of amides is 3. The Kier molecular flexibility index (Phi) is 5.57. The third-order valence-corrected chi connectivity index (χ3v) is 4.61. The van der Waals surface area contributed by atoms with E-state index in [1.807, 2.05) is 0 Å². The lowest BCUT2D eigenvalue weighted by molar-refractivity contribution is -0.123. The molecular weight excluding hydrogens is 391 g/mol. The Morgan fingerprint density at radius 1 is 1.20 bits per heavy atom. The quantitative estimate of drug-likeness (QED) is 0.564. The first kappa shape index (κ1) is 20.6. The zero-order valence-corrected chi connectivity index (χ0v) is 15.8. The number of aliphatic imine (C=N–C) groups is 1. The molecule has 0 bridgehead atoms. The van der Waals surface area contributed by atoms with Gasteiger partial charge < -0.3 is 16.4 Å². The number of benzene rings is 2. The van der Waals surface area contributed by atoms with Crippen molar-refractivity contribution in [2.24, 2.45) is 10.7 Å². The minimum absolute atomic E-state index is 0.0178. The molecule has 3 amide bonds. The SMILES string of the molecule is CNC(=O)C1=NCNC1(C(N)=O)c1ccc(NC(=O)c2cc(F)cc(C#N)c2)cc1. The van der Waals surface area contributed by atoms with Gasteiger partial charge in [-0.2, -0.15) is 5.26 Å². The van der Waals surface area contributed by atoms with Crippen LogP contribution in [0.1, 0.15) is 21.5 Å². The molecule has 0 aromatic heterocycles. The van der Waals surface area contributed by atoms with Crippen molar-refractivity contribution < 1.29 is 18.8 Å². The monoisotopic (exact) mass is 408 g/mol. The summed E-state index contributed by atoms with van der Waals surface area (Å²) in [6.45, 7) is 0.0327. The highest BCUT2D eigenvalue weighted by Gasteiger charge is 2.49. The lowest BCUT2D eigenvalue weighted by Gasteiger charge is -2.27. The Hall–Kier alpha value is -4.10. The van der Waals surface area contributed by atoms with Gasteiger partial charge in [0.05, 0.1) is 18.3 Å². The second kappa shape index (κ2) is 8.10. The lowest BCUT2D eigenvalue weighted by Crippen LogP contribution is -2.58. The van der Waals surface area contributed by atoms with Crippen molar-refractivity contribution >= 4 is 29.1 Å². The molecule has 0 saturated heterocycles. The van der Waals surface area contributed by atoms with Gasteiger partial charge in [0.15, 0.2) is 5.54 Å². The van der Waals surface area contributed by atoms with Crippen LogP contribution < -0.4 is 21.7 Å². The number of halogens is 1. The molecule has 30 heavy (non-hydrogen) atoms. The molecular formula is C20H17FN6O3. The van der Waals surface area contributed by atoms with Crippen molar-refractivity contribution in [1.29, 1.82) is 5.26 Å². The maximum absolute atomic E-state index is 13.6. The first-order valence-electron chi connectivity index (χ1n) is 8.76. The van der Waals surface area contributed by atoms with E-state index in [0.717, 1.165) is 12.1 Å². The van der Waals surface area contributed by atoms with E-state index in [9.17, 15) is 18.8 Å². The predicted molar refractivity (Wildman–Crippen MR) is 106 cm³/mol. The summed E-state index contributed by atoms with van der Waals surface area (Å²) in [5.74, 6) is -2.67. The summed E-state index contributed by atoms with van der Waals surface area (Å²) in [4.78, 5) is 40.9. The van der Waals surface area contributed by atoms with E-state index in [0.29, 0.717) is 11.3 Å². The van der Waals surface area contributed by atoms with Crippen molar-refractivity contribution in [2.75, 3.05) is 19.0 Å². The summed E-state index contributed by atoms with van der Waals surface area (Å²) in [6.07, 6.45) is 0. The van der Waals surface area contributed by atoms with E-state index < -0.39 is 29.1 Å². The molecule has 1 atom stereocenters. The first-order chi connectivity index (χ1) is 14.3. The molecule has 152 valence electrons. The predicted octanol–water partition coefficient (Wildman–Crippen LogP) is 0.378. The minimum Gasteiger partial charge on any atom is -0.367 e. The van der Waals surface area contributed by atoms with E-state index in [1.54, 1.807) is 6.07 Å². The number of rotatable bonds is 5. The molecule has 10 heteroatoms. The molecule has 5 N–H and O–H groups in total. The first-order valence-corrected chi connectivity index (χ1v) is 8.76. The molecule has 1 aliphatic rings. The van der Waals surface area contributed by atoms with E-state index in [-0.39, 0.29) is 23.5 Å². The van der Waals surface area contributed by atoms with E-state index >= 15 is 0 Å². The van der Waals surface area contributed by atoms with Crippen LogP contribution >= 0.6 is 0 Å². The fourth-order valence-corrected chi connectivity index (χ4v) is 3.18. The summed E-state index contributed by atoms with van der Waals surface area (Å²) < 4.78 is 13.6. The number of nitrogens with zero attached hydrogens (tertiary/aromatic N) is 2. The molecule has 2 aromatic carbocycles. The Morgan fingerprint density at radius 3 is 2.50 bits per heavy atom. The van der Waals surface area contributed by atoms with Crippen LogP contribution in [0.15, 0.2) is 47.5 Å². The summed E-state index contributed by atoms with van der Waals surface area (Å²) in [5.41, 5.74) is 4.65. The number of carbonyl (C=O) groups is 3. The topological polar surface area (TPSA) is 149 Å². The zero-order chi connectivity index (χ0) is 21.9. The van der Waals surface area contributed by atoms with Crippen LogP contribution in [0, 0.1) is 17.1 Å². The minimum atomic E-state index is -1.60. The molecule has 3 rings (SSSR count). The second-order valence-electron chi connectivity index (χ2n) is 6.41. The molecule has 0 radical (unpaired) electrons. The summed E-state index contributed by atoms with van der Waals surface area (Å²) in [7, 11) is 1.41. The Morgan fingerprint density at radius 2 is 1.90 bits per heavy atom. The van der Waals surface area contributed by atoms with E-state index in [2.05, 4.69) is 20.9 Å². The van der Waals surface area contributed by atoms with Crippen molar-refractivity contribution in [3.05, 3.63) is 65.0 Å². The zero-order valence-electron chi connectivity index (χ0n) is 15.8. The van der Waals surface area contributed by atoms with Gasteiger partial charge in [0.1, 0.15) is 11.5 Å². The third kappa shape index (κ3) is 3.61. The van der Waals surface area contributed by atoms with Crippen LogP contribution in [0.25, 0.3) is 0 Å². The number of anilines is 1. The summed E-state index contributed by atoms with van der Waals surface area (Å²) in [6, 6.07) is 11.1. The van der Waals surface area contributed by atoms with Crippen molar-refractivity contribution in [2.45, 2.75) is 5.54 Å². The van der Waals surface area contributed by atoms with Gasteiger partial charge in [0.2, 0.25) is 5.91 Å². The van der Waals surface area contributed by atoms with Crippen molar-refractivity contribution in [1.82, 2.24) is 10.6 Å². The molecule has 0 saturated carbocycles. The van der Waals surface area contributed by atoms with Crippen LogP contribution in [-0.2, 0) is 15.1 Å². The van der Waals surface area contributed by atoms with Crippen LogP contribution in [-0.4, -0.2) is 37.1 Å². The number of nitriles is 1. The molecule has 1 heterocycles. The average Bonchev–Trinajstić information content (AvgIpc) is 3.19. The van der Waals surface area contributed by atoms with Gasteiger partial charge in [-0.25, -0.2) is 4.39 Å². The fourth-order valence-electron chi connectivity index (χ4n) is 3.18. The number of nitrogens with one attached hydrogen (secondary N) is 3. The number of nitrogens with two attached hydrogens (primary N) is 1. The fraction of sp³-hybridized carbons (Fsp3) is 0.150. The number of hydrogen-bond acceptors (Lipinski definition) is 6. The van der Waals surface area contributed by atoms with Gasteiger partial charge in [0, 0.05) is 18.3 Å². The third-order valence-electron chi connectivity index (χ3n) is 4.61. The average molecular weight is 408 g/mol. The molecule has 0 fully saturated rings. The number of primary amides is 1. The smallest absolute Gasteiger partial charge is 0.267 e. The van der Waals surface area contributed by atoms with Gasteiger partial charge >= 0.3 is 0 Å². The molecule has 2 aromatic rings. The van der Waals surface area contributed by atoms with Gasteiger partial charge in [-0.15, -0.1) is 0 Å². The maximum atomic E-state index is 13.6. The normalized spacial score (nSPS) is 17.6. The van der Waals surface area contributed by atoms with Crippen LogP contribution in [0.3, 0.4) is 0 Å². The Balaban J connectivity index is 1.87. The molecule has 1 aliphatic heterocycles. The van der Waals surface area contributed by atoms with Crippen LogP contribution in [0.2, 0.25) is 0 Å². The standard InChI is InChI=1S/C20H17FN6O3/c1-24-18(29)16-20(19(23)30,26-10-25-16)13-2-4-15(5-3-13)27-17(28)12-6-11(9-22)7-14(21)8-12/h2-8,26H,10H2,1H3,(H2,23,30)(H,24,29)(H,27,28). The van der Waals surface area contributed by atoms with Gasteiger partial charge in [-0.3, -0.25) is 24.7 Å². The highest BCUT2D eigenvalue weighted by atomic mass is 19.1. The molecule has 0 aliphatic carbocycles. The molecule has 9 nitrogen and oxygen atoms in total. The van der Waals surface area contributed by atoms with Crippen LogP contribution in [0.4, 0.5) is 10.1 Å².